The Kier molecular flexibility index (Phi) is 7.10. The highest BCUT2D eigenvalue weighted by Gasteiger charge is 2.23. The molecule has 148 valence electrons. The van der Waals surface area contributed by atoms with Gasteiger partial charge in [-0.15, -0.1) is 0 Å². The van der Waals surface area contributed by atoms with Gasteiger partial charge in [0.2, 0.25) is 5.91 Å². The molecular weight excluding hydrogens is 338 g/mol. The first kappa shape index (κ1) is 19.7. The number of hydrogen-bond acceptors (Lipinski definition) is 3. The maximum Gasteiger partial charge on any atom is 0.244 e. The van der Waals surface area contributed by atoms with Crippen LogP contribution in [0.3, 0.4) is 0 Å². The van der Waals surface area contributed by atoms with Crippen LogP contribution in [0.15, 0.2) is 29.3 Å². The molecule has 1 saturated heterocycles. The summed E-state index contributed by atoms with van der Waals surface area (Å²) in [6.45, 7) is 9.89. The molecule has 0 spiro atoms. The Labute approximate surface area is 163 Å². The number of aliphatic imine (C=N–C) groups is 1. The van der Waals surface area contributed by atoms with Crippen molar-refractivity contribution in [2.75, 3.05) is 39.3 Å². The molecule has 0 radical (unpaired) electrons. The predicted octanol–water partition coefficient (Wildman–Crippen LogP) is 1.61. The molecule has 1 aromatic rings. The zero-order valence-electron chi connectivity index (χ0n) is 16.7. The molecule has 0 saturated carbocycles. The van der Waals surface area contributed by atoms with Crippen LogP contribution >= 0.6 is 0 Å². The van der Waals surface area contributed by atoms with Gasteiger partial charge in [0.05, 0.1) is 0 Å². The molecule has 0 aliphatic carbocycles. The van der Waals surface area contributed by atoms with Crippen LogP contribution in [0, 0.1) is 0 Å². The van der Waals surface area contributed by atoms with Crippen LogP contribution in [-0.4, -0.2) is 67.0 Å². The summed E-state index contributed by atoms with van der Waals surface area (Å²) < 4.78 is 0. The number of amides is 1. The third-order valence-corrected chi connectivity index (χ3v) is 5.61. The predicted molar refractivity (Wildman–Crippen MR) is 110 cm³/mol. The smallest absolute Gasteiger partial charge is 0.244 e. The Balaban J connectivity index is 1.52. The Morgan fingerprint density at radius 1 is 1.19 bits per heavy atom. The fourth-order valence-electron chi connectivity index (χ4n) is 4.05. The molecule has 6 heteroatoms. The molecule has 2 aliphatic heterocycles. The van der Waals surface area contributed by atoms with E-state index in [0.717, 1.165) is 38.6 Å². The molecule has 2 N–H and O–H groups in total. The summed E-state index contributed by atoms with van der Waals surface area (Å²) >= 11 is 0. The molecule has 1 aromatic carbocycles. The number of nitrogens with one attached hydrogen (secondary N) is 2. The Morgan fingerprint density at radius 2 is 2.00 bits per heavy atom. The first-order valence-electron chi connectivity index (χ1n) is 10.3. The van der Waals surface area contributed by atoms with E-state index >= 15 is 0 Å². The molecule has 0 aromatic heterocycles. The van der Waals surface area contributed by atoms with E-state index in [2.05, 4.69) is 52.6 Å². The van der Waals surface area contributed by atoms with Gasteiger partial charge in [-0.05, 0) is 50.4 Å². The van der Waals surface area contributed by atoms with Gasteiger partial charge >= 0.3 is 0 Å². The van der Waals surface area contributed by atoms with Crippen LogP contribution in [0.1, 0.15) is 37.8 Å². The Hall–Kier alpha value is -2.08. The van der Waals surface area contributed by atoms with E-state index in [1.807, 2.05) is 11.0 Å². The SMILES string of the molecule is CCNC(=NCC(=O)N1CCc2ccccc2C1)NCC1CCCN1CC. The summed E-state index contributed by atoms with van der Waals surface area (Å²) in [6, 6.07) is 8.95. The van der Waals surface area contributed by atoms with Gasteiger partial charge in [0.1, 0.15) is 6.54 Å². The minimum Gasteiger partial charge on any atom is -0.357 e. The van der Waals surface area contributed by atoms with Crippen molar-refractivity contribution in [1.29, 1.82) is 0 Å². The van der Waals surface area contributed by atoms with Crippen LogP contribution in [-0.2, 0) is 17.8 Å². The van der Waals surface area contributed by atoms with Crippen molar-refractivity contribution in [3.63, 3.8) is 0 Å². The van der Waals surface area contributed by atoms with Gasteiger partial charge < -0.3 is 15.5 Å². The fraction of sp³-hybridized carbons (Fsp3) is 0.619. The monoisotopic (exact) mass is 371 g/mol. The molecule has 1 fully saturated rings. The molecule has 1 atom stereocenters. The van der Waals surface area contributed by atoms with Gasteiger partial charge in [-0.3, -0.25) is 9.69 Å². The van der Waals surface area contributed by atoms with E-state index in [9.17, 15) is 4.79 Å². The second-order valence-corrected chi connectivity index (χ2v) is 7.33. The number of hydrogen-bond donors (Lipinski definition) is 2. The first-order chi connectivity index (χ1) is 13.2. The molecule has 2 aliphatic rings. The zero-order chi connectivity index (χ0) is 19.1. The quantitative estimate of drug-likeness (QED) is 0.589. The van der Waals surface area contributed by atoms with Gasteiger partial charge in [0.15, 0.2) is 5.96 Å². The number of carbonyl (C=O) groups excluding carboxylic acids is 1. The lowest BCUT2D eigenvalue weighted by Gasteiger charge is -2.28. The number of likely N-dealkylation sites (N-methyl/N-ethyl adjacent to an activating group) is 1. The second kappa shape index (κ2) is 9.74. The van der Waals surface area contributed by atoms with Crippen molar-refractivity contribution in [3.05, 3.63) is 35.4 Å². The summed E-state index contributed by atoms with van der Waals surface area (Å²) in [5.74, 6) is 0.837. The van der Waals surface area contributed by atoms with E-state index in [-0.39, 0.29) is 12.5 Å². The molecule has 1 amide bonds. The van der Waals surface area contributed by atoms with Crippen molar-refractivity contribution in [3.8, 4) is 0 Å². The number of guanidine groups is 1. The summed E-state index contributed by atoms with van der Waals surface area (Å²) in [5, 5.41) is 6.69. The molecule has 27 heavy (non-hydrogen) atoms. The fourth-order valence-corrected chi connectivity index (χ4v) is 4.05. The van der Waals surface area contributed by atoms with Crippen LogP contribution < -0.4 is 10.6 Å². The maximum atomic E-state index is 12.6. The van der Waals surface area contributed by atoms with Gasteiger partial charge in [-0.25, -0.2) is 4.99 Å². The zero-order valence-corrected chi connectivity index (χ0v) is 16.7. The van der Waals surface area contributed by atoms with Crippen LogP contribution in [0.2, 0.25) is 0 Å². The number of fused-ring (bicyclic) bond motifs is 1. The topological polar surface area (TPSA) is 60.0 Å². The van der Waals surface area contributed by atoms with Gasteiger partial charge in [0, 0.05) is 32.2 Å². The normalized spacial score (nSPS) is 20.4. The summed E-state index contributed by atoms with van der Waals surface area (Å²) in [4.78, 5) is 21.6. The van der Waals surface area contributed by atoms with Crippen molar-refractivity contribution < 1.29 is 4.79 Å². The molecule has 1 unspecified atom stereocenters. The standard InChI is InChI=1S/C21H33N5O/c1-3-22-21(23-14-19-10-7-12-25(19)4-2)24-15-20(27)26-13-11-17-8-5-6-9-18(17)16-26/h5-6,8-9,19H,3-4,7,10-16H2,1-2H3,(H2,22,23,24). The number of rotatable bonds is 6. The number of benzene rings is 1. The maximum absolute atomic E-state index is 12.6. The van der Waals surface area contributed by atoms with Crippen molar-refractivity contribution in [2.45, 2.75) is 45.7 Å². The summed E-state index contributed by atoms with van der Waals surface area (Å²) in [7, 11) is 0. The third kappa shape index (κ3) is 5.22. The first-order valence-corrected chi connectivity index (χ1v) is 10.3. The van der Waals surface area contributed by atoms with Crippen LogP contribution in [0.5, 0.6) is 0 Å². The summed E-state index contributed by atoms with van der Waals surface area (Å²) in [5.41, 5.74) is 2.61. The Bertz CT molecular complexity index is 660. The van der Waals surface area contributed by atoms with Gasteiger partial charge in [-0.2, -0.15) is 0 Å². The molecule has 0 bridgehead atoms. The van der Waals surface area contributed by atoms with E-state index in [0.29, 0.717) is 12.6 Å². The van der Waals surface area contributed by atoms with Gasteiger partial charge in [0.25, 0.3) is 0 Å². The highest BCUT2D eigenvalue weighted by molar-refractivity contribution is 5.85. The second-order valence-electron chi connectivity index (χ2n) is 7.33. The van der Waals surface area contributed by atoms with E-state index in [1.54, 1.807) is 0 Å². The average molecular weight is 372 g/mol. The third-order valence-electron chi connectivity index (χ3n) is 5.61. The van der Waals surface area contributed by atoms with Crippen molar-refractivity contribution in [2.24, 2.45) is 4.99 Å². The lowest BCUT2D eigenvalue weighted by molar-refractivity contribution is -0.130. The highest BCUT2D eigenvalue weighted by atomic mass is 16.2. The van der Waals surface area contributed by atoms with Gasteiger partial charge in [-0.1, -0.05) is 31.2 Å². The number of nitrogens with zero attached hydrogens (tertiary/aromatic N) is 3. The molecule has 3 rings (SSSR count). The Morgan fingerprint density at radius 3 is 2.78 bits per heavy atom. The van der Waals surface area contributed by atoms with Crippen LogP contribution in [0.4, 0.5) is 0 Å². The van der Waals surface area contributed by atoms with E-state index in [4.69, 9.17) is 0 Å². The summed E-state index contributed by atoms with van der Waals surface area (Å²) in [6.07, 6.45) is 3.42. The molecular formula is C21H33N5O. The van der Waals surface area contributed by atoms with Crippen molar-refractivity contribution >= 4 is 11.9 Å². The lowest BCUT2D eigenvalue weighted by Crippen LogP contribution is -2.45. The molecule has 2 heterocycles. The molecule has 6 nitrogen and oxygen atoms in total. The minimum atomic E-state index is 0.0951. The van der Waals surface area contributed by atoms with Crippen molar-refractivity contribution in [1.82, 2.24) is 20.4 Å². The van der Waals surface area contributed by atoms with E-state index < -0.39 is 0 Å². The largest absolute Gasteiger partial charge is 0.357 e. The minimum absolute atomic E-state index is 0.0951. The van der Waals surface area contributed by atoms with Crippen LogP contribution in [0.25, 0.3) is 0 Å². The lowest BCUT2D eigenvalue weighted by atomic mass is 10.00. The van der Waals surface area contributed by atoms with E-state index in [1.165, 1.54) is 30.5 Å². The number of likely N-dealkylation sites (tertiary alicyclic amines) is 1. The average Bonchev–Trinajstić information content (AvgIpc) is 3.17. The number of carbonyl (C=O) groups is 1. The highest BCUT2D eigenvalue weighted by Crippen LogP contribution is 2.18.